The maximum absolute atomic E-state index is 13.3. The Bertz CT molecular complexity index is 550. The fourth-order valence-corrected chi connectivity index (χ4v) is 1.71. The molecule has 0 saturated carbocycles. The minimum absolute atomic E-state index is 0.0943. The van der Waals surface area contributed by atoms with Crippen LogP contribution in [-0.2, 0) is 0 Å². The number of ether oxygens (including phenoxy) is 1. The number of halogens is 1. The van der Waals surface area contributed by atoms with Gasteiger partial charge < -0.3 is 9.84 Å². The van der Waals surface area contributed by atoms with E-state index in [2.05, 4.69) is 0 Å². The molecule has 0 saturated heterocycles. The number of phenolic OH excluding ortho intramolecular Hbond substituents is 1. The average molecular weight is 246 g/mol. The van der Waals surface area contributed by atoms with E-state index in [9.17, 15) is 4.39 Å². The van der Waals surface area contributed by atoms with Crippen molar-refractivity contribution in [1.29, 1.82) is 0 Å². The molecule has 18 heavy (non-hydrogen) atoms. The fourth-order valence-electron chi connectivity index (χ4n) is 1.71. The van der Waals surface area contributed by atoms with Gasteiger partial charge in [0.05, 0.1) is 6.10 Å². The highest BCUT2D eigenvalue weighted by Crippen LogP contribution is 2.27. The first kappa shape index (κ1) is 12.4. The van der Waals surface area contributed by atoms with E-state index >= 15 is 0 Å². The number of benzene rings is 2. The Morgan fingerprint density at radius 1 is 1.06 bits per heavy atom. The quantitative estimate of drug-likeness (QED) is 0.887. The summed E-state index contributed by atoms with van der Waals surface area (Å²) in [7, 11) is 0. The first-order valence-electron chi connectivity index (χ1n) is 5.82. The molecule has 2 rings (SSSR count). The van der Waals surface area contributed by atoms with Gasteiger partial charge in [-0.1, -0.05) is 18.2 Å². The van der Waals surface area contributed by atoms with E-state index in [-0.39, 0.29) is 11.9 Å². The molecule has 0 aliphatic rings. The molecule has 0 bridgehead atoms. The predicted molar refractivity (Wildman–Crippen MR) is 69.3 cm³/mol. The summed E-state index contributed by atoms with van der Waals surface area (Å²) in [5.41, 5.74) is 1.56. The van der Waals surface area contributed by atoms with Crippen LogP contribution in [0.1, 0.15) is 13.8 Å². The summed E-state index contributed by atoms with van der Waals surface area (Å²) in [5.74, 6) is -0.216. The molecule has 0 aromatic heterocycles. The summed E-state index contributed by atoms with van der Waals surface area (Å²) in [6.45, 7) is 3.90. The lowest BCUT2D eigenvalue weighted by Crippen LogP contribution is -2.05. The van der Waals surface area contributed by atoms with Gasteiger partial charge in [-0.15, -0.1) is 0 Å². The van der Waals surface area contributed by atoms with Crippen molar-refractivity contribution in [1.82, 2.24) is 0 Å². The first-order chi connectivity index (χ1) is 8.56. The van der Waals surface area contributed by atoms with E-state index in [1.165, 1.54) is 12.1 Å². The Kier molecular flexibility index (Phi) is 3.51. The van der Waals surface area contributed by atoms with E-state index < -0.39 is 5.82 Å². The van der Waals surface area contributed by atoms with E-state index in [0.717, 1.165) is 11.3 Å². The molecule has 94 valence electrons. The Morgan fingerprint density at radius 3 is 2.44 bits per heavy atom. The molecule has 0 atom stereocenters. The van der Waals surface area contributed by atoms with Crippen LogP contribution in [0.25, 0.3) is 11.1 Å². The summed E-state index contributed by atoms with van der Waals surface area (Å²) in [6.07, 6.45) is 0.0943. The fraction of sp³-hybridized carbons (Fsp3) is 0.200. The number of aromatic hydroxyl groups is 1. The maximum Gasteiger partial charge on any atom is 0.165 e. The third-order valence-corrected chi connectivity index (χ3v) is 2.49. The van der Waals surface area contributed by atoms with Crippen LogP contribution in [0.5, 0.6) is 11.5 Å². The molecule has 3 heteroatoms. The summed E-state index contributed by atoms with van der Waals surface area (Å²) < 4.78 is 18.9. The van der Waals surface area contributed by atoms with E-state index in [1.54, 1.807) is 6.07 Å². The van der Waals surface area contributed by atoms with E-state index in [4.69, 9.17) is 9.84 Å². The SMILES string of the molecule is CC(C)Oc1cccc(-c2ccc(O)c(F)c2)c1. The highest BCUT2D eigenvalue weighted by molar-refractivity contribution is 5.65. The molecule has 0 aliphatic carbocycles. The Hall–Kier alpha value is -2.03. The van der Waals surface area contributed by atoms with Crippen LogP contribution >= 0.6 is 0 Å². The van der Waals surface area contributed by atoms with Crippen LogP contribution < -0.4 is 4.74 Å². The van der Waals surface area contributed by atoms with Crippen molar-refractivity contribution in [3.63, 3.8) is 0 Å². The summed E-state index contributed by atoms with van der Waals surface area (Å²) >= 11 is 0. The van der Waals surface area contributed by atoms with Crippen LogP contribution in [0.3, 0.4) is 0 Å². The van der Waals surface area contributed by atoms with Crippen LogP contribution in [0.15, 0.2) is 42.5 Å². The standard InChI is InChI=1S/C15H15FO2/c1-10(2)18-13-5-3-4-11(8-13)12-6-7-15(17)14(16)9-12/h3-10,17H,1-2H3. The topological polar surface area (TPSA) is 29.5 Å². The van der Waals surface area contributed by atoms with Gasteiger partial charge in [0.15, 0.2) is 11.6 Å². The normalized spacial score (nSPS) is 10.7. The van der Waals surface area contributed by atoms with Crippen molar-refractivity contribution in [3.8, 4) is 22.6 Å². The molecule has 0 fully saturated rings. The van der Waals surface area contributed by atoms with Crippen molar-refractivity contribution < 1.29 is 14.2 Å². The van der Waals surface area contributed by atoms with Crippen molar-refractivity contribution >= 4 is 0 Å². The van der Waals surface area contributed by atoms with Crippen LogP contribution in [0, 0.1) is 5.82 Å². The summed E-state index contributed by atoms with van der Waals surface area (Å²) in [5, 5.41) is 9.16. The second-order valence-corrected chi connectivity index (χ2v) is 4.36. The molecule has 0 radical (unpaired) electrons. The van der Waals surface area contributed by atoms with Crippen LogP contribution in [0.2, 0.25) is 0 Å². The second kappa shape index (κ2) is 5.08. The second-order valence-electron chi connectivity index (χ2n) is 4.36. The summed E-state index contributed by atoms with van der Waals surface area (Å²) in [6, 6.07) is 11.8. The van der Waals surface area contributed by atoms with Gasteiger partial charge in [0.1, 0.15) is 5.75 Å². The molecule has 2 aromatic carbocycles. The van der Waals surface area contributed by atoms with Crippen molar-refractivity contribution in [2.24, 2.45) is 0 Å². The molecule has 0 aliphatic heterocycles. The van der Waals surface area contributed by atoms with Crippen molar-refractivity contribution in [2.75, 3.05) is 0 Å². The lowest BCUT2D eigenvalue weighted by Gasteiger charge is -2.11. The predicted octanol–water partition coefficient (Wildman–Crippen LogP) is 3.99. The van der Waals surface area contributed by atoms with E-state index in [1.807, 2.05) is 38.1 Å². The Morgan fingerprint density at radius 2 is 1.78 bits per heavy atom. The molecule has 0 amide bonds. The van der Waals surface area contributed by atoms with Gasteiger partial charge in [0, 0.05) is 0 Å². The molecule has 0 heterocycles. The third kappa shape index (κ3) is 2.80. The minimum Gasteiger partial charge on any atom is -0.505 e. The maximum atomic E-state index is 13.3. The first-order valence-corrected chi connectivity index (χ1v) is 5.82. The monoisotopic (exact) mass is 246 g/mol. The Balaban J connectivity index is 2.35. The van der Waals surface area contributed by atoms with Gasteiger partial charge in [-0.05, 0) is 49.2 Å². The highest BCUT2D eigenvalue weighted by Gasteiger charge is 2.05. The van der Waals surface area contributed by atoms with Crippen molar-refractivity contribution in [2.45, 2.75) is 20.0 Å². The number of rotatable bonds is 3. The van der Waals surface area contributed by atoms with Gasteiger partial charge in [-0.3, -0.25) is 0 Å². The van der Waals surface area contributed by atoms with Gasteiger partial charge in [-0.2, -0.15) is 0 Å². The number of phenols is 1. The zero-order valence-corrected chi connectivity index (χ0v) is 10.4. The number of hydrogen-bond acceptors (Lipinski definition) is 2. The largest absolute Gasteiger partial charge is 0.505 e. The molecule has 1 N–H and O–H groups in total. The van der Waals surface area contributed by atoms with E-state index in [0.29, 0.717) is 5.56 Å². The third-order valence-electron chi connectivity index (χ3n) is 2.49. The van der Waals surface area contributed by atoms with Gasteiger partial charge in [0.25, 0.3) is 0 Å². The van der Waals surface area contributed by atoms with Gasteiger partial charge in [-0.25, -0.2) is 4.39 Å². The van der Waals surface area contributed by atoms with Gasteiger partial charge >= 0.3 is 0 Å². The zero-order chi connectivity index (χ0) is 13.1. The van der Waals surface area contributed by atoms with Crippen molar-refractivity contribution in [3.05, 3.63) is 48.3 Å². The molecule has 2 nitrogen and oxygen atoms in total. The number of hydrogen-bond donors (Lipinski definition) is 1. The Labute approximate surface area is 106 Å². The highest BCUT2D eigenvalue weighted by atomic mass is 19.1. The smallest absolute Gasteiger partial charge is 0.165 e. The average Bonchev–Trinajstić information content (AvgIpc) is 2.32. The zero-order valence-electron chi connectivity index (χ0n) is 10.4. The molecule has 2 aromatic rings. The molecular formula is C15H15FO2. The van der Waals surface area contributed by atoms with Crippen LogP contribution in [0.4, 0.5) is 4.39 Å². The molecular weight excluding hydrogens is 231 g/mol. The summed E-state index contributed by atoms with van der Waals surface area (Å²) in [4.78, 5) is 0. The van der Waals surface area contributed by atoms with Crippen LogP contribution in [-0.4, -0.2) is 11.2 Å². The lowest BCUT2D eigenvalue weighted by molar-refractivity contribution is 0.242. The molecule has 0 unspecified atom stereocenters. The van der Waals surface area contributed by atoms with Gasteiger partial charge in [0.2, 0.25) is 0 Å². The lowest BCUT2D eigenvalue weighted by atomic mass is 10.1. The minimum atomic E-state index is -0.623. The molecule has 0 spiro atoms.